The molecule has 0 aliphatic carbocycles. The van der Waals surface area contributed by atoms with E-state index in [1.807, 2.05) is 42.5 Å². The highest BCUT2D eigenvalue weighted by atomic mass is 16.6. The van der Waals surface area contributed by atoms with E-state index in [0.29, 0.717) is 12.4 Å². The summed E-state index contributed by atoms with van der Waals surface area (Å²) in [4.78, 5) is 12.0. The Morgan fingerprint density at radius 1 is 1.03 bits per heavy atom. The first kappa shape index (κ1) is 22.5. The Morgan fingerprint density at radius 2 is 1.70 bits per heavy atom. The zero-order valence-corrected chi connectivity index (χ0v) is 16.9. The van der Waals surface area contributed by atoms with Crippen LogP contribution >= 0.6 is 0 Å². The largest absolute Gasteiger partial charge is 0.489 e. The standard InChI is InChI=1S/C22H25N3O5/c1-3-28-21(26)19(22(27)29-4-2)20(23)25-24-14-16-10-12-18(13-11-16)30-15-17-8-6-5-7-9-17/h5-14,26H,3-4,15H2,1-2H3,(H2,23,25)/b21-19-,24-14+. The van der Waals surface area contributed by atoms with Crippen molar-refractivity contribution in [2.24, 2.45) is 15.9 Å². The summed E-state index contributed by atoms with van der Waals surface area (Å²) >= 11 is 0. The van der Waals surface area contributed by atoms with Gasteiger partial charge in [-0.05, 0) is 49.2 Å². The Labute approximate surface area is 175 Å². The summed E-state index contributed by atoms with van der Waals surface area (Å²) in [5.41, 5.74) is 7.23. The molecule has 0 bridgehead atoms. The summed E-state index contributed by atoms with van der Waals surface area (Å²) in [6.07, 6.45) is 1.45. The monoisotopic (exact) mass is 411 g/mol. The van der Waals surface area contributed by atoms with Gasteiger partial charge in [-0.15, -0.1) is 5.10 Å². The number of hydrogen-bond donors (Lipinski definition) is 2. The van der Waals surface area contributed by atoms with E-state index < -0.39 is 11.9 Å². The van der Waals surface area contributed by atoms with Crippen LogP contribution in [-0.2, 0) is 20.9 Å². The lowest BCUT2D eigenvalue weighted by Crippen LogP contribution is -2.25. The summed E-state index contributed by atoms with van der Waals surface area (Å²) in [5, 5.41) is 17.5. The fraction of sp³-hybridized carbons (Fsp3) is 0.227. The number of nitrogens with zero attached hydrogens (tertiary/aromatic N) is 2. The molecule has 2 aromatic carbocycles. The molecule has 0 unspecified atom stereocenters. The van der Waals surface area contributed by atoms with E-state index in [4.69, 9.17) is 19.9 Å². The van der Waals surface area contributed by atoms with Crippen molar-refractivity contribution in [3.63, 3.8) is 0 Å². The molecule has 8 heteroatoms. The highest BCUT2D eigenvalue weighted by Crippen LogP contribution is 2.13. The van der Waals surface area contributed by atoms with Crippen LogP contribution in [0.15, 0.2) is 76.3 Å². The van der Waals surface area contributed by atoms with Gasteiger partial charge in [-0.2, -0.15) is 5.10 Å². The van der Waals surface area contributed by atoms with Crippen LogP contribution in [0.4, 0.5) is 0 Å². The minimum absolute atomic E-state index is 0.108. The molecule has 0 atom stereocenters. The van der Waals surface area contributed by atoms with Crippen LogP contribution in [0, 0.1) is 0 Å². The molecule has 2 rings (SSSR count). The Hall–Kier alpha value is -3.81. The van der Waals surface area contributed by atoms with E-state index in [0.717, 1.165) is 11.1 Å². The second-order valence-electron chi connectivity index (χ2n) is 5.91. The fourth-order valence-electron chi connectivity index (χ4n) is 2.31. The average Bonchev–Trinajstić information content (AvgIpc) is 2.74. The molecule has 0 aromatic heterocycles. The van der Waals surface area contributed by atoms with Crippen molar-refractivity contribution in [2.45, 2.75) is 20.5 Å². The Balaban J connectivity index is 2.03. The summed E-state index contributed by atoms with van der Waals surface area (Å²) in [6, 6.07) is 17.1. The van der Waals surface area contributed by atoms with E-state index >= 15 is 0 Å². The molecular weight excluding hydrogens is 386 g/mol. The van der Waals surface area contributed by atoms with Gasteiger partial charge in [-0.25, -0.2) is 4.79 Å². The zero-order valence-electron chi connectivity index (χ0n) is 16.9. The highest BCUT2D eigenvalue weighted by Gasteiger charge is 2.22. The van der Waals surface area contributed by atoms with Gasteiger partial charge in [0.25, 0.3) is 5.95 Å². The number of amidine groups is 1. The molecule has 0 spiro atoms. The average molecular weight is 411 g/mol. The van der Waals surface area contributed by atoms with Crippen LogP contribution in [0.2, 0.25) is 0 Å². The molecule has 0 saturated carbocycles. The van der Waals surface area contributed by atoms with Crippen molar-refractivity contribution < 1.29 is 24.1 Å². The van der Waals surface area contributed by atoms with Crippen LogP contribution in [0.25, 0.3) is 0 Å². The molecule has 0 amide bonds. The Bertz CT molecular complexity index is 906. The number of aliphatic hydroxyl groups is 1. The third-order valence-corrected chi connectivity index (χ3v) is 3.73. The van der Waals surface area contributed by atoms with E-state index in [1.54, 1.807) is 26.0 Å². The molecule has 0 aliphatic heterocycles. The number of benzene rings is 2. The van der Waals surface area contributed by atoms with Crippen LogP contribution in [-0.4, -0.2) is 36.3 Å². The first-order valence-electron chi connectivity index (χ1n) is 9.42. The molecule has 0 radical (unpaired) electrons. The van der Waals surface area contributed by atoms with E-state index in [2.05, 4.69) is 10.2 Å². The van der Waals surface area contributed by atoms with Gasteiger partial charge in [0, 0.05) is 0 Å². The number of aliphatic hydroxyl groups excluding tert-OH is 1. The number of nitrogens with two attached hydrogens (primary N) is 1. The molecular formula is C22H25N3O5. The first-order chi connectivity index (χ1) is 14.5. The molecule has 2 aromatic rings. The molecule has 0 saturated heterocycles. The van der Waals surface area contributed by atoms with Gasteiger partial charge in [0.1, 0.15) is 12.4 Å². The van der Waals surface area contributed by atoms with E-state index in [9.17, 15) is 9.90 Å². The SMILES string of the molecule is CCOC(=O)C(/C(N)=N/N=C/c1ccc(OCc2ccccc2)cc1)=C(/O)OCC. The molecule has 0 heterocycles. The normalized spacial score (nSPS) is 12.4. The van der Waals surface area contributed by atoms with Gasteiger partial charge in [0.15, 0.2) is 11.4 Å². The van der Waals surface area contributed by atoms with Crippen LogP contribution in [0.3, 0.4) is 0 Å². The maximum absolute atomic E-state index is 12.0. The van der Waals surface area contributed by atoms with Crippen molar-refractivity contribution in [1.29, 1.82) is 0 Å². The predicted octanol–water partition coefficient (Wildman–Crippen LogP) is 3.33. The van der Waals surface area contributed by atoms with Crippen molar-refractivity contribution >= 4 is 18.0 Å². The Morgan fingerprint density at radius 3 is 2.33 bits per heavy atom. The van der Waals surface area contributed by atoms with Crippen molar-refractivity contribution in [1.82, 2.24) is 0 Å². The van der Waals surface area contributed by atoms with Gasteiger partial charge in [0.05, 0.1) is 19.4 Å². The maximum Gasteiger partial charge on any atom is 0.349 e. The van der Waals surface area contributed by atoms with Gasteiger partial charge < -0.3 is 25.1 Å². The number of carbonyl (C=O) groups excluding carboxylic acids is 1. The molecule has 30 heavy (non-hydrogen) atoms. The second-order valence-corrected chi connectivity index (χ2v) is 5.91. The highest BCUT2D eigenvalue weighted by molar-refractivity contribution is 6.18. The molecule has 8 nitrogen and oxygen atoms in total. The minimum Gasteiger partial charge on any atom is -0.489 e. The molecule has 0 fully saturated rings. The third-order valence-electron chi connectivity index (χ3n) is 3.73. The van der Waals surface area contributed by atoms with Gasteiger partial charge >= 0.3 is 5.97 Å². The molecule has 0 aliphatic rings. The Kier molecular flexibility index (Phi) is 8.92. The summed E-state index contributed by atoms with van der Waals surface area (Å²) < 4.78 is 15.5. The lowest BCUT2D eigenvalue weighted by molar-refractivity contribution is -0.138. The third kappa shape index (κ3) is 6.97. The molecule has 158 valence electrons. The maximum atomic E-state index is 12.0. The van der Waals surface area contributed by atoms with Crippen molar-refractivity contribution in [2.75, 3.05) is 13.2 Å². The van der Waals surface area contributed by atoms with Crippen molar-refractivity contribution in [3.05, 3.63) is 77.2 Å². The van der Waals surface area contributed by atoms with Crippen LogP contribution in [0.5, 0.6) is 5.75 Å². The second kappa shape index (κ2) is 11.9. The van der Waals surface area contributed by atoms with E-state index in [-0.39, 0.29) is 24.6 Å². The minimum atomic E-state index is -0.847. The summed E-state index contributed by atoms with van der Waals surface area (Å²) in [7, 11) is 0. The predicted molar refractivity (Wildman–Crippen MR) is 114 cm³/mol. The topological polar surface area (TPSA) is 116 Å². The first-order valence-corrected chi connectivity index (χ1v) is 9.42. The van der Waals surface area contributed by atoms with Crippen LogP contribution in [0.1, 0.15) is 25.0 Å². The summed E-state index contributed by atoms with van der Waals surface area (Å²) in [6.45, 7) is 4.01. The number of esters is 1. The van der Waals surface area contributed by atoms with E-state index in [1.165, 1.54) is 6.21 Å². The van der Waals surface area contributed by atoms with Crippen molar-refractivity contribution in [3.8, 4) is 5.75 Å². The number of carbonyl (C=O) groups is 1. The fourth-order valence-corrected chi connectivity index (χ4v) is 2.31. The number of hydrogen-bond acceptors (Lipinski definition) is 7. The number of ether oxygens (including phenoxy) is 3. The lowest BCUT2D eigenvalue weighted by atomic mass is 10.2. The lowest BCUT2D eigenvalue weighted by Gasteiger charge is -2.08. The smallest absolute Gasteiger partial charge is 0.349 e. The summed E-state index contributed by atoms with van der Waals surface area (Å²) in [5.74, 6) is -1.11. The number of rotatable bonds is 10. The van der Waals surface area contributed by atoms with Gasteiger partial charge in [0.2, 0.25) is 0 Å². The van der Waals surface area contributed by atoms with Crippen LogP contribution < -0.4 is 10.5 Å². The quantitative estimate of drug-likeness (QED) is 0.155. The van der Waals surface area contributed by atoms with Gasteiger partial charge in [-0.1, -0.05) is 30.3 Å². The molecule has 3 N–H and O–H groups in total. The van der Waals surface area contributed by atoms with Gasteiger partial charge in [-0.3, -0.25) is 0 Å². The zero-order chi connectivity index (χ0) is 21.8.